The van der Waals surface area contributed by atoms with Crippen LogP contribution < -0.4 is 15.0 Å². The first-order chi connectivity index (χ1) is 14.6. The predicted molar refractivity (Wildman–Crippen MR) is 117 cm³/mol. The van der Waals surface area contributed by atoms with E-state index >= 15 is 0 Å². The van der Waals surface area contributed by atoms with Crippen LogP contribution in [0.3, 0.4) is 0 Å². The van der Waals surface area contributed by atoms with Crippen LogP contribution in [0, 0.1) is 0 Å². The molecule has 1 saturated heterocycles. The Morgan fingerprint density at radius 3 is 2.23 bits per heavy atom. The molecule has 0 bridgehead atoms. The summed E-state index contributed by atoms with van der Waals surface area (Å²) in [5, 5.41) is 2.89. The van der Waals surface area contributed by atoms with Gasteiger partial charge in [-0.1, -0.05) is 6.92 Å². The molecule has 7 nitrogen and oxygen atoms in total. The van der Waals surface area contributed by atoms with Crippen molar-refractivity contribution < 1.29 is 19.1 Å². The van der Waals surface area contributed by atoms with Gasteiger partial charge < -0.3 is 19.7 Å². The maximum atomic E-state index is 12.4. The molecule has 3 rings (SSSR count). The number of ether oxygens (including phenoxy) is 2. The molecule has 1 N–H and O–H groups in total. The number of hydrogen-bond donors (Lipinski definition) is 1. The average molecular weight is 412 g/mol. The van der Waals surface area contributed by atoms with Crippen LogP contribution >= 0.6 is 0 Å². The molecule has 1 aliphatic rings. The number of rotatable bonds is 8. The molecule has 0 aliphatic carbocycles. The summed E-state index contributed by atoms with van der Waals surface area (Å²) in [5.41, 5.74) is 2.32. The second-order valence-corrected chi connectivity index (χ2v) is 7.22. The molecule has 1 amide bonds. The van der Waals surface area contributed by atoms with E-state index in [0.29, 0.717) is 24.4 Å². The van der Waals surface area contributed by atoms with Crippen molar-refractivity contribution in [3.05, 3.63) is 54.1 Å². The Hall–Kier alpha value is -3.06. The van der Waals surface area contributed by atoms with Gasteiger partial charge in [-0.25, -0.2) is 4.79 Å². The molecule has 160 valence electrons. The van der Waals surface area contributed by atoms with Gasteiger partial charge in [0.1, 0.15) is 5.75 Å². The molecule has 2 aromatic rings. The quantitative estimate of drug-likeness (QED) is 0.674. The maximum absolute atomic E-state index is 12.4. The first-order valence-electron chi connectivity index (χ1n) is 10.3. The first kappa shape index (κ1) is 21.6. The normalized spacial score (nSPS) is 14.3. The van der Waals surface area contributed by atoms with E-state index in [9.17, 15) is 9.59 Å². The fourth-order valence-corrected chi connectivity index (χ4v) is 3.33. The van der Waals surface area contributed by atoms with E-state index in [4.69, 9.17) is 9.47 Å². The van der Waals surface area contributed by atoms with Crippen LogP contribution in [-0.2, 0) is 9.53 Å². The minimum absolute atomic E-state index is 0.0609. The Balaban J connectivity index is 1.44. The molecule has 0 saturated carbocycles. The third kappa shape index (κ3) is 5.97. The maximum Gasteiger partial charge on any atom is 0.338 e. The van der Waals surface area contributed by atoms with Gasteiger partial charge in [-0.15, -0.1) is 0 Å². The Bertz CT molecular complexity index is 829. The molecular weight excluding hydrogens is 382 g/mol. The third-order valence-corrected chi connectivity index (χ3v) is 5.02. The lowest BCUT2D eigenvalue weighted by atomic mass is 10.2. The minimum Gasteiger partial charge on any atom is -0.497 e. The molecule has 0 spiro atoms. The number of benzene rings is 2. The molecule has 2 aromatic carbocycles. The van der Waals surface area contributed by atoms with Gasteiger partial charge >= 0.3 is 5.97 Å². The zero-order chi connectivity index (χ0) is 21.3. The highest BCUT2D eigenvalue weighted by Gasteiger charge is 2.19. The van der Waals surface area contributed by atoms with Crippen LogP contribution in [-0.4, -0.2) is 63.2 Å². The van der Waals surface area contributed by atoms with Crippen LogP contribution in [0.2, 0.25) is 0 Å². The standard InChI is InChI=1S/C23H29N3O4/c1-3-16-30-23(28)18-4-6-19(7-5-18)24-22(27)17-25-12-14-26(15-13-25)20-8-10-21(29-2)11-9-20/h4-11H,3,12-17H2,1-2H3,(H,24,27). The van der Waals surface area contributed by atoms with Gasteiger partial charge in [0.2, 0.25) is 5.91 Å². The lowest BCUT2D eigenvalue weighted by molar-refractivity contribution is -0.117. The molecule has 1 heterocycles. The molecule has 0 atom stereocenters. The second kappa shape index (κ2) is 10.6. The summed E-state index contributed by atoms with van der Waals surface area (Å²) in [6.45, 7) is 6.08. The van der Waals surface area contributed by atoms with Crippen LogP contribution in [0.4, 0.5) is 11.4 Å². The summed E-state index contributed by atoms with van der Waals surface area (Å²) in [5.74, 6) is 0.443. The lowest BCUT2D eigenvalue weighted by Crippen LogP contribution is -2.48. The van der Waals surface area contributed by atoms with Crippen LogP contribution in [0.1, 0.15) is 23.7 Å². The third-order valence-electron chi connectivity index (χ3n) is 5.02. The largest absolute Gasteiger partial charge is 0.497 e. The fraction of sp³-hybridized carbons (Fsp3) is 0.391. The van der Waals surface area contributed by atoms with E-state index in [1.54, 1.807) is 31.4 Å². The van der Waals surface area contributed by atoms with E-state index in [-0.39, 0.29) is 11.9 Å². The van der Waals surface area contributed by atoms with Crippen LogP contribution in [0.15, 0.2) is 48.5 Å². The van der Waals surface area contributed by atoms with Gasteiger partial charge in [-0.3, -0.25) is 9.69 Å². The number of carbonyl (C=O) groups is 2. The summed E-state index contributed by atoms with van der Waals surface area (Å²) in [4.78, 5) is 28.7. The average Bonchev–Trinajstić information content (AvgIpc) is 2.78. The zero-order valence-corrected chi connectivity index (χ0v) is 17.6. The van der Waals surface area contributed by atoms with Crippen molar-refractivity contribution >= 4 is 23.3 Å². The molecule has 30 heavy (non-hydrogen) atoms. The van der Waals surface area contributed by atoms with Crippen LogP contribution in [0.25, 0.3) is 0 Å². The van der Waals surface area contributed by atoms with E-state index in [1.807, 2.05) is 19.1 Å². The highest BCUT2D eigenvalue weighted by atomic mass is 16.5. The summed E-state index contributed by atoms with van der Waals surface area (Å²) in [6.07, 6.45) is 0.786. The van der Waals surface area contributed by atoms with Crippen molar-refractivity contribution in [3.8, 4) is 5.75 Å². The Labute approximate surface area is 177 Å². The zero-order valence-electron chi connectivity index (χ0n) is 17.6. The molecule has 1 fully saturated rings. The van der Waals surface area contributed by atoms with Gasteiger partial charge in [-0.05, 0) is 55.0 Å². The van der Waals surface area contributed by atoms with Gasteiger partial charge in [0.25, 0.3) is 0 Å². The highest BCUT2D eigenvalue weighted by molar-refractivity contribution is 5.94. The number of methoxy groups -OCH3 is 1. The Morgan fingerprint density at radius 1 is 0.967 bits per heavy atom. The smallest absolute Gasteiger partial charge is 0.338 e. The van der Waals surface area contributed by atoms with Crippen LogP contribution in [0.5, 0.6) is 5.75 Å². The summed E-state index contributed by atoms with van der Waals surface area (Å²) < 4.78 is 10.3. The Morgan fingerprint density at radius 2 is 1.63 bits per heavy atom. The van der Waals surface area contributed by atoms with E-state index in [1.165, 1.54) is 0 Å². The number of nitrogens with one attached hydrogen (secondary N) is 1. The number of anilines is 2. The lowest BCUT2D eigenvalue weighted by Gasteiger charge is -2.35. The fourth-order valence-electron chi connectivity index (χ4n) is 3.33. The van der Waals surface area contributed by atoms with Crippen molar-refractivity contribution in [1.82, 2.24) is 4.90 Å². The van der Waals surface area contributed by atoms with E-state index < -0.39 is 0 Å². The van der Waals surface area contributed by atoms with Crippen molar-refractivity contribution in [1.29, 1.82) is 0 Å². The van der Waals surface area contributed by atoms with Crippen molar-refractivity contribution in [2.45, 2.75) is 13.3 Å². The Kier molecular flexibility index (Phi) is 7.68. The molecule has 7 heteroatoms. The van der Waals surface area contributed by atoms with Crippen molar-refractivity contribution in [3.63, 3.8) is 0 Å². The first-order valence-corrected chi connectivity index (χ1v) is 10.3. The number of esters is 1. The minimum atomic E-state index is -0.343. The summed E-state index contributed by atoms with van der Waals surface area (Å²) >= 11 is 0. The molecule has 0 unspecified atom stereocenters. The number of nitrogens with zero attached hydrogens (tertiary/aromatic N) is 2. The summed E-state index contributed by atoms with van der Waals surface area (Å²) in [7, 11) is 1.66. The van der Waals surface area contributed by atoms with Gasteiger partial charge in [-0.2, -0.15) is 0 Å². The number of piperazine rings is 1. The highest BCUT2D eigenvalue weighted by Crippen LogP contribution is 2.20. The number of hydrogen-bond acceptors (Lipinski definition) is 6. The monoisotopic (exact) mass is 411 g/mol. The van der Waals surface area contributed by atoms with Crippen molar-refractivity contribution in [2.24, 2.45) is 0 Å². The van der Waals surface area contributed by atoms with Gasteiger partial charge in [0.05, 0.1) is 25.8 Å². The molecule has 0 radical (unpaired) electrons. The van der Waals surface area contributed by atoms with Gasteiger partial charge in [0, 0.05) is 37.6 Å². The van der Waals surface area contributed by atoms with E-state index in [0.717, 1.165) is 44.0 Å². The number of carbonyl (C=O) groups excluding carboxylic acids is 2. The van der Waals surface area contributed by atoms with Gasteiger partial charge in [0.15, 0.2) is 0 Å². The molecule has 1 aliphatic heterocycles. The molecule has 0 aromatic heterocycles. The summed E-state index contributed by atoms with van der Waals surface area (Å²) in [6, 6.07) is 14.8. The van der Waals surface area contributed by atoms with Crippen molar-refractivity contribution in [2.75, 3.05) is 56.7 Å². The number of amides is 1. The van der Waals surface area contributed by atoms with E-state index in [2.05, 4.69) is 27.2 Å². The molecular formula is C23H29N3O4. The predicted octanol–water partition coefficient (Wildman–Crippen LogP) is 3.02. The topological polar surface area (TPSA) is 71.1 Å². The SMILES string of the molecule is CCCOC(=O)c1ccc(NC(=O)CN2CCN(c3ccc(OC)cc3)CC2)cc1. The second-order valence-electron chi connectivity index (χ2n) is 7.22.